The molecule has 0 radical (unpaired) electrons. The van der Waals surface area contributed by atoms with Gasteiger partial charge in [-0.15, -0.1) is 0 Å². The number of ether oxygens (including phenoxy) is 2. The van der Waals surface area contributed by atoms with Crippen LogP contribution in [0.4, 0.5) is 0 Å². The fourth-order valence-corrected chi connectivity index (χ4v) is 2.82. The molecule has 28 heavy (non-hydrogen) atoms. The van der Waals surface area contributed by atoms with Gasteiger partial charge in [-0.05, 0) is 54.6 Å². The second kappa shape index (κ2) is 9.15. The third-order valence-corrected chi connectivity index (χ3v) is 4.52. The number of halogens is 1. The van der Waals surface area contributed by atoms with Crippen LogP contribution in [0.15, 0.2) is 83.3 Å². The highest BCUT2D eigenvalue weighted by molar-refractivity contribution is 9.10. The van der Waals surface area contributed by atoms with E-state index in [-0.39, 0.29) is 5.78 Å². The van der Waals surface area contributed by atoms with Crippen molar-refractivity contribution >= 4 is 33.8 Å². The van der Waals surface area contributed by atoms with Gasteiger partial charge < -0.3 is 9.47 Å². The number of methoxy groups -OCH3 is 1. The molecule has 5 heteroatoms. The lowest BCUT2D eigenvalue weighted by Gasteiger charge is -2.10. The maximum Gasteiger partial charge on any atom is 0.347 e. The first-order chi connectivity index (χ1) is 13.6. The van der Waals surface area contributed by atoms with Crippen molar-refractivity contribution in [2.24, 2.45) is 0 Å². The quantitative estimate of drug-likeness (QED) is 0.219. The van der Waals surface area contributed by atoms with Crippen LogP contribution in [0, 0.1) is 0 Å². The van der Waals surface area contributed by atoms with Crippen LogP contribution in [-0.2, 0) is 0 Å². The molecule has 0 N–H and O–H groups in total. The molecule has 3 aromatic carbocycles. The highest BCUT2D eigenvalue weighted by Gasteiger charge is 2.15. The van der Waals surface area contributed by atoms with Gasteiger partial charge in [0.1, 0.15) is 17.1 Å². The van der Waals surface area contributed by atoms with Crippen molar-refractivity contribution in [1.82, 2.24) is 0 Å². The van der Waals surface area contributed by atoms with Gasteiger partial charge in [-0.25, -0.2) is 4.79 Å². The van der Waals surface area contributed by atoms with Gasteiger partial charge in [0.15, 0.2) is 5.78 Å². The molecule has 3 aromatic rings. The number of allylic oxidation sites excluding steroid dienone is 1. The Balaban J connectivity index is 1.80. The highest BCUT2D eigenvalue weighted by Crippen LogP contribution is 2.24. The molecule has 3 rings (SSSR count). The molecule has 0 saturated heterocycles. The lowest BCUT2D eigenvalue weighted by molar-refractivity contribution is 0.0730. The van der Waals surface area contributed by atoms with Crippen molar-refractivity contribution in [1.29, 1.82) is 0 Å². The zero-order valence-corrected chi connectivity index (χ0v) is 16.7. The Labute approximate surface area is 171 Å². The Morgan fingerprint density at radius 3 is 2.21 bits per heavy atom. The van der Waals surface area contributed by atoms with Crippen molar-refractivity contribution < 1.29 is 19.1 Å². The predicted molar refractivity (Wildman–Crippen MR) is 112 cm³/mol. The van der Waals surface area contributed by atoms with E-state index >= 15 is 0 Å². The third-order valence-electron chi connectivity index (χ3n) is 3.99. The van der Waals surface area contributed by atoms with Gasteiger partial charge in [0.05, 0.1) is 7.11 Å². The van der Waals surface area contributed by atoms with Gasteiger partial charge in [0, 0.05) is 15.6 Å². The minimum Gasteiger partial charge on any atom is -0.496 e. The fourth-order valence-electron chi connectivity index (χ4n) is 2.56. The molecule has 0 bridgehead atoms. The summed E-state index contributed by atoms with van der Waals surface area (Å²) < 4.78 is 11.7. The van der Waals surface area contributed by atoms with E-state index in [9.17, 15) is 9.59 Å². The van der Waals surface area contributed by atoms with Crippen LogP contribution >= 0.6 is 15.9 Å². The topological polar surface area (TPSA) is 52.6 Å². The second-order valence-corrected chi connectivity index (χ2v) is 6.75. The van der Waals surface area contributed by atoms with Gasteiger partial charge in [0.25, 0.3) is 0 Å². The number of carbonyl (C=O) groups excluding carboxylic acids is 2. The summed E-state index contributed by atoms with van der Waals surface area (Å²) >= 11 is 3.35. The van der Waals surface area contributed by atoms with E-state index in [2.05, 4.69) is 15.9 Å². The standard InChI is InChI=1S/C23H17BrO4/c1-27-22-9-5-3-7-19(22)23(26)28-21-8-4-2-6-17(21)12-15-20(25)16-10-13-18(24)14-11-16/h2-15H,1H3. The smallest absolute Gasteiger partial charge is 0.347 e. The summed E-state index contributed by atoms with van der Waals surface area (Å²) in [5.41, 5.74) is 1.52. The number of hydrogen-bond donors (Lipinski definition) is 0. The highest BCUT2D eigenvalue weighted by atomic mass is 79.9. The molecule has 0 aromatic heterocycles. The first-order valence-electron chi connectivity index (χ1n) is 8.50. The number of carbonyl (C=O) groups is 2. The third kappa shape index (κ3) is 4.75. The summed E-state index contributed by atoms with van der Waals surface area (Å²) in [7, 11) is 1.50. The van der Waals surface area contributed by atoms with Crippen LogP contribution in [0.3, 0.4) is 0 Å². The summed E-state index contributed by atoms with van der Waals surface area (Å²) in [5, 5.41) is 0. The normalized spacial score (nSPS) is 10.6. The van der Waals surface area contributed by atoms with E-state index in [1.165, 1.54) is 13.2 Å². The summed E-state index contributed by atoms with van der Waals surface area (Å²) in [6.45, 7) is 0. The lowest BCUT2D eigenvalue weighted by Crippen LogP contribution is -2.10. The molecule has 0 aliphatic carbocycles. The van der Waals surface area contributed by atoms with Gasteiger partial charge in [0.2, 0.25) is 0 Å². The van der Waals surface area contributed by atoms with Crippen molar-refractivity contribution in [3.8, 4) is 11.5 Å². The van der Waals surface area contributed by atoms with E-state index in [1.807, 2.05) is 18.2 Å². The summed E-state index contributed by atoms with van der Waals surface area (Å²) in [4.78, 5) is 24.9. The Morgan fingerprint density at radius 2 is 1.50 bits per heavy atom. The number of esters is 1. The van der Waals surface area contributed by atoms with Gasteiger partial charge in [-0.1, -0.05) is 46.3 Å². The van der Waals surface area contributed by atoms with Crippen LogP contribution in [0.1, 0.15) is 26.3 Å². The molecular weight excluding hydrogens is 420 g/mol. The average Bonchev–Trinajstić information content (AvgIpc) is 2.73. The van der Waals surface area contributed by atoms with Crippen molar-refractivity contribution in [3.63, 3.8) is 0 Å². The molecule has 0 amide bonds. The number of ketones is 1. The number of para-hydroxylation sites is 2. The molecular formula is C23H17BrO4. The first kappa shape index (κ1) is 19.6. The van der Waals surface area contributed by atoms with Crippen LogP contribution < -0.4 is 9.47 Å². The fraction of sp³-hybridized carbons (Fsp3) is 0.0435. The molecule has 0 fully saturated rings. The number of rotatable bonds is 6. The second-order valence-electron chi connectivity index (χ2n) is 5.83. The molecule has 0 heterocycles. The SMILES string of the molecule is COc1ccccc1C(=O)Oc1ccccc1C=CC(=O)c1ccc(Br)cc1. The average molecular weight is 437 g/mol. The van der Waals surface area contributed by atoms with Crippen LogP contribution in [0.5, 0.6) is 11.5 Å². The van der Waals surface area contributed by atoms with E-state index in [1.54, 1.807) is 60.7 Å². The van der Waals surface area contributed by atoms with Crippen LogP contribution in [0.2, 0.25) is 0 Å². The first-order valence-corrected chi connectivity index (χ1v) is 9.30. The Morgan fingerprint density at radius 1 is 0.857 bits per heavy atom. The maximum absolute atomic E-state index is 12.5. The Bertz CT molecular complexity index is 1020. The van der Waals surface area contributed by atoms with Gasteiger partial charge in [-0.3, -0.25) is 4.79 Å². The molecule has 0 aliphatic rings. The van der Waals surface area contributed by atoms with E-state index < -0.39 is 5.97 Å². The summed E-state index contributed by atoms with van der Waals surface area (Å²) in [5.74, 6) is 0.125. The molecule has 0 atom stereocenters. The molecule has 0 saturated carbocycles. The zero-order chi connectivity index (χ0) is 19.9. The molecule has 140 valence electrons. The lowest BCUT2D eigenvalue weighted by atomic mass is 10.1. The minimum atomic E-state index is -0.530. The van der Waals surface area contributed by atoms with E-state index in [0.717, 1.165) is 4.47 Å². The molecule has 0 spiro atoms. The monoisotopic (exact) mass is 436 g/mol. The number of hydrogen-bond acceptors (Lipinski definition) is 4. The molecule has 0 aliphatic heterocycles. The molecule has 4 nitrogen and oxygen atoms in total. The summed E-state index contributed by atoms with van der Waals surface area (Å²) in [6.07, 6.45) is 3.09. The Hall–Kier alpha value is -3.18. The maximum atomic E-state index is 12.5. The van der Waals surface area contributed by atoms with Crippen LogP contribution in [0.25, 0.3) is 6.08 Å². The minimum absolute atomic E-state index is 0.140. The predicted octanol–water partition coefficient (Wildman–Crippen LogP) is 5.57. The van der Waals surface area contributed by atoms with Crippen molar-refractivity contribution in [3.05, 3.63) is 100 Å². The number of benzene rings is 3. The van der Waals surface area contributed by atoms with Crippen LogP contribution in [-0.4, -0.2) is 18.9 Å². The molecule has 0 unspecified atom stereocenters. The summed E-state index contributed by atoms with van der Waals surface area (Å²) in [6, 6.07) is 21.0. The zero-order valence-electron chi connectivity index (χ0n) is 15.1. The van der Waals surface area contributed by atoms with E-state index in [0.29, 0.717) is 28.2 Å². The van der Waals surface area contributed by atoms with Gasteiger partial charge in [-0.2, -0.15) is 0 Å². The van der Waals surface area contributed by atoms with Gasteiger partial charge >= 0.3 is 5.97 Å². The van der Waals surface area contributed by atoms with Crippen molar-refractivity contribution in [2.45, 2.75) is 0 Å². The largest absolute Gasteiger partial charge is 0.496 e. The Kier molecular flexibility index (Phi) is 6.40. The van der Waals surface area contributed by atoms with E-state index in [4.69, 9.17) is 9.47 Å². The van der Waals surface area contributed by atoms with Crippen molar-refractivity contribution in [2.75, 3.05) is 7.11 Å².